The average Bonchev–Trinajstić information content (AvgIpc) is 2.43. The molecule has 0 aliphatic carbocycles. The molecular weight excluding hydrogens is 261 g/mol. The molecule has 4 nitrogen and oxygen atoms in total. The standard InChI is InChI=1S/C15H20FNO3/c1-3-17(10-11(2)15(19)20)14(18)9-6-12-4-7-13(16)8-5-12/h4-5,7-8,11H,3,6,9-10H2,1-2H3,(H,19,20). The van der Waals surface area contributed by atoms with E-state index in [0.717, 1.165) is 5.56 Å². The zero-order chi connectivity index (χ0) is 15.1. The minimum Gasteiger partial charge on any atom is -0.481 e. The number of hydrogen-bond acceptors (Lipinski definition) is 2. The molecule has 1 amide bonds. The van der Waals surface area contributed by atoms with Crippen molar-refractivity contribution < 1.29 is 19.1 Å². The predicted octanol–water partition coefficient (Wildman–Crippen LogP) is 2.33. The number of carbonyl (C=O) groups excluding carboxylic acids is 1. The fourth-order valence-electron chi connectivity index (χ4n) is 1.88. The largest absolute Gasteiger partial charge is 0.481 e. The molecule has 20 heavy (non-hydrogen) atoms. The molecule has 110 valence electrons. The van der Waals surface area contributed by atoms with Crippen LogP contribution < -0.4 is 0 Å². The number of halogens is 1. The number of carboxylic acid groups (broad SMARTS) is 1. The first kappa shape index (κ1) is 16.1. The minimum atomic E-state index is -0.908. The van der Waals surface area contributed by atoms with Gasteiger partial charge in [-0.05, 0) is 31.0 Å². The fourth-order valence-corrected chi connectivity index (χ4v) is 1.88. The number of hydrogen-bond donors (Lipinski definition) is 1. The number of amides is 1. The Bertz CT molecular complexity index is 459. The second kappa shape index (κ2) is 7.62. The summed E-state index contributed by atoms with van der Waals surface area (Å²) in [5.74, 6) is -1.87. The summed E-state index contributed by atoms with van der Waals surface area (Å²) < 4.78 is 12.8. The first-order valence-electron chi connectivity index (χ1n) is 6.69. The molecule has 0 spiro atoms. The van der Waals surface area contributed by atoms with Crippen molar-refractivity contribution in [1.82, 2.24) is 4.90 Å². The van der Waals surface area contributed by atoms with E-state index < -0.39 is 11.9 Å². The van der Waals surface area contributed by atoms with Gasteiger partial charge < -0.3 is 10.0 Å². The second-order valence-electron chi connectivity index (χ2n) is 4.80. The van der Waals surface area contributed by atoms with Gasteiger partial charge in [-0.25, -0.2) is 4.39 Å². The molecule has 0 radical (unpaired) electrons. The molecule has 0 bridgehead atoms. The summed E-state index contributed by atoms with van der Waals surface area (Å²) in [6, 6.07) is 6.03. The average molecular weight is 281 g/mol. The number of aryl methyl sites for hydroxylation is 1. The molecule has 5 heteroatoms. The number of carboxylic acids is 1. The summed E-state index contributed by atoms with van der Waals surface area (Å²) in [7, 11) is 0. The maximum atomic E-state index is 12.8. The molecule has 1 unspecified atom stereocenters. The number of nitrogens with zero attached hydrogens (tertiary/aromatic N) is 1. The van der Waals surface area contributed by atoms with Gasteiger partial charge in [0.1, 0.15) is 5.82 Å². The lowest BCUT2D eigenvalue weighted by Gasteiger charge is -2.23. The van der Waals surface area contributed by atoms with Crippen molar-refractivity contribution in [3.8, 4) is 0 Å². The lowest BCUT2D eigenvalue weighted by molar-refractivity contribution is -0.143. The van der Waals surface area contributed by atoms with Crippen LogP contribution in [-0.4, -0.2) is 35.0 Å². The molecule has 0 aromatic heterocycles. The van der Waals surface area contributed by atoms with Gasteiger partial charge in [0, 0.05) is 19.5 Å². The van der Waals surface area contributed by atoms with Crippen LogP contribution in [0.1, 0.15) is 25.8 Å². The Morgan fingerprint density at radius 2 is 1.90 bits per heavy atom. The summed E-state index contributed by atoms with van der Waals surface area (Å²) >= 11 is 0. The Balaban J connectivity index is 2.51. The van der Waals surface area contributed by atoms with Crippen molar-refractivity contribution in [3.63, 3.8) is 0 Å². The van der Waals surface area contributed by atoms with Crippen molar-refractivity contribution in [2.75, 3.05) is 13.1 Å². The lowest BCUT2D eigenvalue weighted by Crippen LogP contribution is -2.36. The number of benzene rings is 1. The van der Waals surface area contributed by atoms with E-state index in [1.807, 2.05) is 6.92 Å². The molecule has 0 heterocycles. The molecule has 0 saturated heterocycles. The molecule has 0 saturated carbocycles. The molecule has 1 N–H and O–H groups in total. The van der Waals surface area contributed by atoms with Gasteiger partial charge in [0.2, 0.25) is 5.91 Å². The first-order chi connectivity index (χ1) is 9.43. The monoisotopic (exact) mass is 281 g/mol. The second-order valence-corrected chi connectivity index (χ2v) is 4.80. The first-order valence-corrected chi connectivity index (χ1v) is 6.69. The molecule has 0 aliphatic heterocycles. The van der Waals surface area contributed by atoms with Crippen LogP contribution in [0.2, 0.25) is 0 Å². The minimum absolute atomic E-state index is 0.0788. The highest BCUT2D eigenvalue weighted by atomic mass is 19.1. The summed E-state index contributed by atoms with van der Waals surface area (Å²) in [5.41, 5.74) is 0.891. The van der Waals surface area contributed by atoms with Crippen LogP contribution in [0.4, 0.5) is 4.39 Å². The Hall–Kier alpha value is -1.91. The summed E-state index contributed by atoms with van der Waals surface area (Å²) in [4.78, 5) is 24.4. The van der Waals surface area contributed by atoms with Gasteiger partial charge in [-0.3, -0.25) is 9.59 Å². The van der Waals surface area contributed by atoms with Crippen LogP contribution in [0.5, 0.6) is 0 Å². The molecule has 0 fully saturated rings. The van der Waals surface area contributed by atoms with Gasteiger partial charge in [0.15, 0.2) is 0 Å². The van der Waals surface area contributed by atoms with Crippen LogP contribution >= 0.6 is 0 Å². The maximum absolute atomic E-state index is 12.8. The SMILES string of the molecule is CCN(CC(C)C(=O)O)C(=O)CCc1ccc(F)cc1. The molecule has 1 rings (SSSR count). The number of carbonyl (C=O) groups is 2. The van der Waals surface area contributed by atoms with Gasteiger partial charge in [-0.15, -0.1) is 0 Å². The third kappa shape index (κ3) is 4.99. The van der Waals surface area contributed by atoms with Crippen molar-refractivity contribution in [1.29, 1.82) is 0 Å². The molecule has 1 aromatic rings. The van der Waals surface area contributed by atoms with Crippen molar-refractivity contribution in [2.24, 2.45) is 5.92 Å². The predicted molar refractivity (Wildman–Crippen MR) is 73.8 cm³/mol. The normalized spacial score (nSPS) is 11.9. The maximum Gasteiger partial charge on any atom is 0.308 e. The fraction of sp³-hybridized carbons (Fsp3) is 0.467. The Kier molecular flexibility index (Phi) is 6.15. The van der Waals surface area contributed by atoms with E-state index in [9.17, 15) is 14.0 Å². The van der Waals surface area contributed by atoms with E-state index in [1.165, 1.54) is 12.1 Å². The summed E-state index contributed by atoms with van der Waals surface area (Å²) in [5, 5.41) is 8.87. The van der Waals surface area contributed by atoms with E-state index in [2.05, 4.69) is 0 Å². The zero-order valence-corrected chi connectivity index (χ0v) is 11.8. The number of aliphatic carboxylic acids is 1. The van der Waals surface area contributed by atoms with Crippen LogP contribution in [0.25, 0.3) is 0 Å². The molecule has 1 aromatic carbocycles. The van der Waals surface area contributed by atoms with Crippen LogP contribution in [-0.2, 0) is 16.0 Å². The highest BCUT2D eigenvalue weighted by molar-refractivity contribution is 5.77. The lowest BCUT2D eigenvalue weighted by atomic mass is 10.1. The Labute approximate surface area is 118 Å². The van der Waals surface area contributed by atoms with Crippen LogP contribution in [0.3, 0.4) is 0 Å². The van der Waals surface area contributed by atoms with Gasteiger partial charge in [0.25, 0.3) is 0 Å². The molecule has 1 atom stereocenters. The van der Waals surface area contributed by atoms with Gasteiger partial charge in [0.05, 0.1) is 5.92 Å². The van der Waals surface area contributed by atoms with Crippen molar-refractivity contribution >= 4 is 11.9 Å². The highest BCUT2D eigenvalue weighted by Gasteiger charge is 2.18. The van der Waals surface area contributed by atoms with Crippen LogP contribution in [0, 0.1) is 11.7 Å². The summed E-state index contributed by atoms with van der Waals surface area (Å²) in [6.45, 7) is 4.11. The van der Waals surface area contributed by atoms with Crippen molar-refractivity contribution in [2.45, 2.75) is 26.7 Å². The van der Waals surface area contributed by atoms with Crippen molar-refractivity contribution in [3.05, 3.63) is 35.6 Å². The third-order valence-electron chi connectivity index (χ3n) is 3.19. The Morgan fingerprint density at radius 1 is 1.30 bits per heavy atom. The van der Waals surface area contributed by atoms with E-state index in [1.54, 1.807) is 24.0 Å². The highest BCUT2D eigenvalue weighted by Crippen LogP contribution is 2.08. The van der Waals surface area contributed by atoms with Gasteiger partial charge in [-0.2, -0.15) is 0 Å². The van der Waals surface area contributed by atoms with E-state index in [4.69, 9.17) is 5.11 Å². The zero-order valence-electron chi connectivity index (χ0n) is 11.8. The topological polar surface area (TPSA) is 57.6 Å². The van der Waals surface area contributed by atoms with E-state index >= 15 is 0 Å². The quantitative estimate of drug-likeness (QED) is 0.834. The van der Waals surface area contributed by atoms with E-state index in [0.29, 0.717) is 19.4 Å². The van der Waals surface area contributed by atoms with Gasteiger partial charge in [-0.1, -0.05) is 19.1 Å². The van der Waals surface area contributed by atoms with Crippen LogP contribution in [0.15, 0.2) is 24.3 Å². The smallest absolute Gasteiger partial charge is 0.308 e. The third-order valence-corrected chi connectivity index (χ3v) is 3.19. The Morgan fingerprint density at radius 3 is 2.40 bits per heavy atom. The summed E-state index contributed by atoms with van der Waals surface area (Å²) in [6.07, 6.45) is 0.822. The number of rotatable bonds is 7. The van der Waals surface area contributed by atoms with Gasteiger partial charge >= 0.3 is 5.97 Å². The van der Waals surface area contributed by atoms with E-state index in [-0.39, 0.29) is 18.3 Å². The molecular formula is C15H20FNO3. The molecule has 0 aliphatic rings.